The van der Waals surface area contributed by atoms with Gasteiger partial charge < -0.3 is 0 Å². The van der Waals surface area contributed by atoms with E-state index in [0.717, 1.165) is 18.5 Å². The third kappa shape index (κ3) is 6.79. The lowest BCUT2D eigenvalue weighted by molar-refractivity contribution is 0.544. The second-order valence-corrected chi connectivity index (χ2v) is 9.11. The van der Waals surface area contributed by atoms with Crippen molar-refractivity contribution in [2.24, 2.45) is 17.8 Å². The van der Waals surface area contributed by atoms with Crippen LogP contribution in [0.2, 0.25) is 0 Å². The van der Waals surface area contributed by atoms with Crippen LogP contribution in [0.4, 0.5) is 0 Å². The Hall–Kier alpha value is 0.390. The van der Waals surface area contributed by atoms with E-state index < -0.39 is 7.49 Å². The molecule has 0 atom stereocenters. The maximum Gasteiger partial charge on any atom is 0.142 e. The summed E-state index contributed by atoms with van der Waals surface area (Å²) in [5, 5.41) is 0. The molecular weight excluding hydrogens is 191 g/mol. The highest BCUT2D eigenvalue weighted by Crippen LogP contribution is 2.58. The molecule has 0 saturated heterocycles. The van der Waals surface area contributed by atoms with Crippen LogP contribution in [0.25, 0.3) is 0 Å². The van der Waals surface area contributed by atoms with Crippen molar-refractivity contribution in [1.29, 1.82) is 0 Å². The molecule has 1 nitrogen and oxygen atoms in total. The van der Waals surface area contributed by atoms with Crippen molar-refractivity contribution in [3.63, 3.8) is 0 Å². The zero-order chi connectivity index (χ0) is 11.4. The van der Waals surface area contributed by atoms with Gasteiger partial charge in [0.1, 0.15) is 7.49 Å². The van der Waals surface area contributed by atoms with E-state index in [4.69, 9.17) is 0 Å². The Balaban J connectivity index is 4.32. The molecule has 0 aromatic carbocycles. The standard InChI is InChI=1S/C12H28OP/c1-10(2)7-14(13,8-11(3)4)9-12(5)6/h10-13H,7-9H2,1-6H3/q+1. The molecule has 0 fully saturated rings. The van der Waals surface area contributed by atoms with Gasteiger partial charge in [0, 0.05) is 0 Å². The molecule has 1 N–H and O–H groups in total. The summed E-state index contributed by atoms with van der Waals surface area (Å²) < 4.78 is 0. The van der Waals surface area contributed by atoms with Gasteiger partial charge in [0.2, 0.25) is 0 Å². The molecule has 0 aliphatic heterocycles. The van der Waals surface area contributed by atoms with Crippen LogP contribution in [0, 0.1) is 17.8 Å². The van der Waals surface area contributed by atoms with Gasteiger partial charge in [0.25, 0.3) is 0 Å². The van der Waals surface area contributed by atoms with Crippen LogP contribution in [0.5, 0.6) is 0 Å². The molecule has 0 heterocycles. The first-order valence-electron chi connectivity index (χ1n) is 5.84. The molecule has 2 heteroatoms. The fourth-order valence-electron chi connectivity index (χ4n) is 2.26. The van der Waals surface area contributed by atoms with E-state index >= 15 is 0 Å². The van der Waals surface area contributed by atoms with Gasteiger partial charge in [-0.15, -0.1) is 0 Å². The highest BCUT2D eigenvalue weighted by atomic mass is 31.2. The highest BCUT2D eigenvalue weighted by molar-refractivity contribution is 7.70. The molecule has 86 valence electrons. The van der Waals surface area contributed by atoms with Crippen LogP contribution in [0.3, 0.4) is 0 Å². The van der Waals surface area contributed by atoms with E-state index in [-0.39, 0.29) is 0 Å². The van der Waals surface area contributed by atoms with Gasteiger partial charge in [-0.1, -0.05) is 41.5 Å². The van der Waals surface area contributed by atoms with Crippen LogP contribution in [-0.2, 0) is 0 Å². The topological polar surface area (TPSA) is 20.2 Å². The minimum atomic E-state index is -1.64. The maximum atomic E-state index is 10.6. The molecule has 0 aliphatic rings. The second-order valence-electron chi connectivity index (χ2n) is 5.82. The summed E-state index contributed by atoms with van der Waals surface area (Å²) in [4.78, 5) is 10.6. The Morgan fingerprint density at radius 1 is 0.714 bits per heavy atom. The van der Waals surface area contributed by atoms with Gasteiger partial charge in [0.15, 0.2) is 0 Å². The predicted octanol–water partition coefficient (Wildman–Crippen LogP) is 3.88. The molecule has 0 aromatic rings. The SMILES string of the molecule is CC(C)C[P+](O)(CC(C)C)CC(C)C. The van der Waals surface area contributed by atoms with Crippen molar-refractivity contribution in [2.45, 2.75) is 41.5 Å². The molecular formula is C12H28OP+. The Morgan fingerprint density at radius 2 is 0.929 bits per heavy atom. The Bertz CT molecular complexity index is 126. The van der Waals surface area contributed by atoms with Crippen LogP contribution < -0.4 is 0 Å². The van der Waals surface area contributed by atoms with E-state index in [1.807, 2.05) is 0 Å². The molecule has 0 saturated carbocycles. The molecule has 0 amide bonds. The summed E-state index contributed by atoms with van der Waals surface area (Å²) in [6, 6.07) is 0. The van der Waals surface area contributed by atoms with Crippen molar-refractivity contribution < 1.29 is 4.89 Å². The van der Waals surface area contributed by atoms with Crippen LogP contribution in [-0.4, -0.2) is 23.4 Å². The molecule has 0 bridgehead atoms. The van der Waals surface area contributed by atoms with Gasteiger partial charge in [-0.3, -0.25) is 4.89 Å². The van der Waals surface area contributed by atoms with Gasteiger partial charge >= 0.3 is 0 Å². The Kier molecular flexibility index (Phi) is 6.25. The minimum absolute atomic E-state index is 0.630. The molecule has 0 aromatic heterocycles. The fraction of sp³-hybridized carbons (Fsp3) is 1.00. The number of hydrogen-bond donors (Lipinski definition) is 1. The van der Waals surface area contributed by atoms with Crippen molar-refractivity contribution in [2.75, 3.05) is 18.5 Å². The predicted molar refractivity (Wildman–Crippen MR) is 68.3 cm³/mol. The molecule has 0 rings (SSSR count). The van der Waals surface area contributed by atoms with Crippen LogP contribution in [0.1, 0.15) is 41.5 Å². The van der Waals surface area contributed by atoms with E-state index in [1.54, 1.807) is 0 Å². The number of hydrogen-bond acceptors (Lipinski definition) is 1. The summed E-state index contributed by atoms with van der Waals surface area (Å²) >= 11 is 0. The first-order chi connectivity index (χ1) is 6.25. The normalized spacial score (nSPS) is 13.3. The lowest BCUT2D eigenvalue weighted by atomic mass is 10.3. The summed E-state index contributed by atoms with van der Waals surface area (Å²) in [5.74, 6) is 1.89. The van der Waals surface area contributed by atoms with Gasteiger partial charge in [-0.25, -0.2) is 0 Å². The van der Waals surface area contributed by atoms with E-state index in [0.29, 0.717) is 17.8 Å². The Morgan fingerprint density at radius 3 is 1.07 bits per heavy atom. The molecule has 0 spiro atoms. The van der Waals surface area contributed by atoms with Gasteiger partial charge in [-0.2, -0.15) is 0 Å². The summed E-state index contributed by atoms with van der Waals surface area (Å²) in [6.45, 7) is 13.3. The molecule has 0 radical (unpaired) electrons. The molecule has 0 aliphatic carbocycles. The van der Waals surface area contributed by atoms with Crippen molar-refractivity contribution in [3.8, 4) is 0 Å². The summed E-state index contributed by atoms with van der Waals surface area (Å²) in [5.41, 5.74) is 0. The fourth-order valence-corrected chi connectivity index (χ4v) is 6.79. The van der Waals surface area contributed by atoms with Crippen molar-refractivity contribution in [3.05, 3.63) is 0 Å². The monoisotopic (exact) mass is 219 g/mol. The quantitative estimate of drug-likeness (QED) is 0.672. The van der Waals surface area contributed by atoms with E-state index in [9.17, 15) is 4.89 Å². The first-order valence-corrected chi connectivity index (χ1v) is 8.13. The average molecular weight is 219 g/mol. The molecule has 14 heavy (non-hydrogen) atoms. The lowest BCUT2D eigenvalue weighted by Gasteiger charge is -2.25. The van der Waals surface area contributed by atoms with Gasteiger partial charge in [-0.05, 0) is 17.8 Å². The van der Waals surface area contributed by atoms with Crippen LogP contribution in [0.15, 0.2) is 0 Å². The van der Waals surface area contributed by atoms with Crippen LogP contribution >= 0.6 is 7.49 Å². The first kappa shape index (κ1) is 14.4. The largest absolute Gasteiger partial charge is 0.252 e. The Labute approximate surface area is 90.7 Å². The summed E-state index contributed by atoms with van der Waals surface area (Å²) in [6.07, 6.45) is 3.14. The summed E-state index contributed by atoms with van der Waals surface area (Å²) in [7, 11) is -1.64. The minimum Gasteiger partial charge on any atom is -0.252 e. The number of rotatable bonds is 6. The molecule has 0 unspecified atom stereocenters. The smallest absolute Gasteiger partial charge is 0.142 e. The third-order valence-electron chi connectivity index (χ3n) is 2.11. The zero-order valence-corrected chi connectivity index (χ0v) is 11.6. The van der Waals surface area contributed by atoms with Gasteiger partial charge in [0.05, 0.1) is 18.5 Å². The third-order valence-corrected chi connectivity index (χ3v) is 6.34. The second kappa shape index (κ2) is 6.08. The maximum absolute atomic E-state index is 10.6. The van der Waals surface area contributed by atoms with Crippen molar-refractivity contribution >= 4 is 7.49 Å². The highest BCUT2D eigenvalue weighted by Gasteiger charge is 2.37. The zero-order valence-electron chi connectivity index (χ0n) is 10.7. The van der Waals surface area contributed by atoms with Crippen molar-refractivity contribution in [1.82, 2.24) is 0 Å². The van der Waals surface area contributed by atoms with E-state index in [2.05, 4.69) is 41.5 Å². The average Bonchev–Trinajstić information content (AvgIpc) is 1.76. The lowest BCUT2D eigenvalue weighted by Crippen LogP contribution is -2.17. The van der Waals surface area contributed by atoms with E-state index in [1.165, 1.54) is 0 Å².